The zero-order valence-electron chi connectivity index (χ0n) is 11.4. The zero-order chi connectivity index (χ0) is 15.5. The molecule has 0 saturated heterocycles. The average Bonchev–Trinajstić information content (AvgIpc) is 2.46. The first kappa shape index (κ1) is 15.3. The van der Waals surface area contributed by atoms with Gasteiger partial charge in [-0.05, 0) is 30.8 Å². The van der Waals surface area contributed by atoms with Gasteiger partial charge in [0.15, 0.2) is 0 Å². The highest BCUT2D eigenvalue weighted by Crippen LogP contribution is 2.30. The van der Waals surface area contributed by atoms with Crippen LogP contribution in [-0.4, -0.2) is 11.6 Å². The van der Waals surface area contributed by atoms with Gasteiger partial charge in [0, 0.05) is 18.8 Å². The number of aromatic nitrogens is 1. The van der Waals surface area contributed by atoms with Gasteiger partial charge in [-0.2, -0.15) is 13.2 Å². The summed E-state index contributed by atoms with van der Waals surface area (Å²) in [6.07, 6.45) is -2.77. The number of halogens is 3. The number of rotatable bonds is 4. The third-order valence-electron chi connectivity index (χ3n) is 3.24. The molecule has 1 aromatic heterocycles. The van der Waals surface area contributed by atoms with E-state index in [0.29, 0.717) is 5.56 Å². The van der Waals surface area contributed by atoms with Crippen molar-refractivity contribution in [1.29, 1.82) is 0 Å². The van der Waals surface area contributed by atoms with Crippen LogP contribution in [-0.2, 0) is 12.7 Å². The molecule has 0 aliphatic carbocycles. The molecule has 1 atom stereocenters. The normalized spacial score (nSPS) is 13.1. The van der Waals surface area contributed by atoms with E-state index in [0.717, 1.165) is 12.1 Å². The molecule has 1 heterocycles. The number of hydrogen-bond donors (Lipinski definition) is 1. The van der Waals surface area contributed by atoms with E-state index in [1.165, 1.54) is 16.7 Å². The Morgan fingerprint density at radius 2 is 1.95 bits per heavy atom. The van der Waals surface area contributed by atoms with Crippen LogP contribution in [0.1, 0.15) is 17.2 Å². The van der Waals surface area contributed by atoms with Crippen LogP contribution in [0.5, 0.6) is 0 Å². The number of pyridine rings is 1. The highest BCUT2D eigenvalue weighted by Gasteiger charge is 2.30. The predicted molar refractivity (Wildman–Crippen MR) is 73.9 cm³/mol. The number of nitrogens with one attached hydrogen (secondary N) is 1. The lowest BCUT2D eigenvalue weighted by Crippen LogP contribution is -2.28. The average molecular weight is 296 g/mol. The van der Waals surface area contributed by atoms with E-state index in [1.807, 2.05) is 0 Å². The fourth-order valence-corrected chi connectivity index (χ4v) is 2.10. The van der Waals surface area contributed by atoms with Crippen LogP contribution in [0.15, 0.2) is 53.5 Å². The Balaban J connectivity index is 2.30. The van der Waals surface area contributed by atoms with Gasteiger partial charge in [-0.15, -0.1) is 0 Å². The number of hydrogen-bond acceptors (Lipinski definition) is 2. The van der Waals surface area contributed by atoms with Crippen LogP contribution in [0, 0.1) is 0 Å². The summed E-state index contributed by atoms with van der Waals surface area (Å²) in [6.45, 7) is 0.261. The third kappa shape index (κ3) is 3.72. The summed E-state index contributed by atoms with van der Waals surface area (Å²) in [4.78, 5) is 11.7. The Kier molecular flexibility index (Phi) is 4.47. The van der Waals surface area contributed by atoms with Gasteiger partial charge in [-0.3, -0.25) is 4.79 Å². The Morgan fingerprint density at radius 3 is 2.57 bits per heavy atom. The number of benzene rings is 1. The topological polar surface area (TPSA) is 34.0 Å². The van der Waals surface area contributed by atoms with E-state index in [1.54, 1.807) is 31.4 Å². The molecule has 0 amide bonds. The minimum Gasteiger partial charge on any atom is -0.314 e. The van der Waals surface area contributed by atoms with Crippen molar-refractivity contribution in [3.63, 3.8) is 0 Å². The molecule has 0 spiro atoms. The van der Waals surface area contributed by atoms with Gasteiger partial charge in [0.05, 0.1) is 11.6 Å². The molecule has 0 fully saturated rings. The summed E-state index contributed by atoms with van der Waals surface area (Å²) in [5, 5.41) is 2.95. The minimum absolute atomic E-state index is 0.190. The molecule has 6 heteroatoms. The Morgan fingerprint density at radius 1 is 1.19 bits per heavy atom. The van der Waals surface area contributed by atoms with Crippen molar-refractivity contribution in [2.75, 3.05) is 7.05 Å². The first-order chi connectivity index (χ1) is 9.91. The van der Waals surface area contributed by atoms with Gasteiger partial charge in [0.25, 0.3) is 5.56 Å². The summed E-state index contributed by atoms with van der Waals surface area (Å²) in [5.41, 5.74) is -0.395. The molecular formula is C15H15F3N2O. The highest BCUT2D eigenvalue weighted by molar-refractivity contribution is 5.28. The summed E-state index contributed by atoms with van der Waals surface area (Å²) in [5.74, 6) is 0. The van der Waals surface area contributed by atoms with E-state index in [9.17, 15) is 18.0 Å². The summed E-state index contributed by atoms with van der Waals surface area (Å²) < 4.78 is 39.7. The lowest BCUT2D eigenvalue weighted by Gasteiger charge is -2.19. The van der Waals surface area contributed by atoms with Crippen LogP contribution in [0.3, 0.4) is 0 Å². The van der Waals surface area contributed by atoms with Crippen LogP contribution >= 0.6 is 0 Å². The number of nitrogens with zero attached hydrogens (tertiary/aromatic N) is 1. The monoisotopic (exact) mass is 296 g/mol. The predicted octanol–water partition coefficient (Wildman–Crippen LogP) is 2.83. The Hall–Kier alpha value is -2.08. The van der Waals surface area contributed by atoms with Gasteiger partial charge in [0.2, 0.25) is 0 Å². The molecule has 0 saturated carbocycles. The number of likely N-dealkylation sites (N-methyl/N-ethyl adjacent to an activating group) is 1. The Bertz CT molecular complexity index is 664. The van der Waals surface area contributed by atoms with Gasteiger partial charge < -0.3 is 9.88 Å². The van der Waals surface area contributed by atoms with Crippen LogP contribution in [0.4, 0.5) is 13.2 Å². The van der Waals surface area contributed by atoms with Gasteiger partial charge in [0.1, 0.15) is 0 Å². The number of alkyl halides is 3. The molecule has 1 unspecified atom stereocenters. The lowest BCUT2D eigenvalue weighted by atomic mass is 10.0. The Labute approximate surface area is 120 Å². The molecule has 1 N–H and O–H groups in total. The smallest absolute Gasteiger partial charge is 0.314 e. The van der Waals surface area contributed by atoms with E-state index >= 15 is 0 Å². The molecule has 2 rings (SSSR count). The van der Waals surface area contributed by atoms with Crippen molar-refractivity contribution >= 4 is 0 Å². The minimum atomic E-state index is -4.38. The standard InChI is InChI=1S/C15H15F3N2O/c1-19-13(10-20-8-3-2-7-14(20)21)11-5-4-6-12(9-11)15(16,17)18/h2-9,13,19H,10H2,1H3. The zero-order valence-corrected chi connectivity index (χ0v) is 11.4. The molecular weight excluding hydrogens is 281 g/mol. The van der Waals surface area contributed by atoms with Crippen molar-refractivity contribution in [3.8, 4) is 0 Å². The van der Waals surface area contributed by atoms with Gasteiger partial charge in [-0.25, -0.2) is 0 Å². The second-order valence-electron chi connectivity index (χ2n) is 4.66. The summed E-state index contributed by atoms with van der Waals surface area (Å²) >= 11 is 0. The van der Waals surface area contributed by atoms with E-state index in [-0.39, 0.29) is 18.1 Å². The first-order valence-electron chi connectivity index (χ1n) is 6.41. The van der Waals surface area contributed by atoms with Crippen LogP contribution < -0.4 is 10.9 Å². The van der Waals surface area contributed by atoms with Gasteiger partial charge >= 0.3 is 6.18 Å². The molecule has 2 aromatic rings. The van der Waals surface area contributed by atoms with E-state index < -0.39 is 11.7 Å². The maximum Gasteiger partial charge on any atom is 0.416 e. The quantitative estimate of drug-likeness (QED) is 0.941. The van der Waals surface area contributed by atoms with E-state index in [4.69, 9.17) is 0 Å². The van der Waals surface area contributed by atoms with Crippen molar-refractivity contribution in [2.24, 2.45) is 0 Å². The van der Waals surface area contributed by atoms with Crippen molar-refractivity contribution < 1.29 is 13.2 Å². The summed E-state index contributed by atoms with van der Waals surface area (Å²) in [6, 6.07) is 9.49. The fourth-order valence-electron chi connectivity index (χ4n) is 2.10. The fraction of sp³-hybridized carbons (Fsp3) is 0.267. The summed E-state index contributed by atoms with van der Waals surface area (Å²) in [7, 11) is 1.65. The second kappa shape index (κ2) is 6.13. The molecule has 1 aromatic carbocycles. The molecule has 0 aliphatic rings. The first-order valence-corrected chi connectivity index (χ1v) is 6.41. The van der Waals surface area contributed by atoms with Crippen LogP contribution in [0.25, 0.3) is 0 Å². The van der Waals surface area contributed by atoms with Gasteiger partial charge in [-0.1, -0.05) is 18.2 Å². The molecule has 112 valence electrons. The third-order valence-corrected chi connectivity index (χ3v) is 3.24. The maximum atomic E-state index is 12.8. The lowest BCUT2D eigenvalue weighted by molar-refractivity contribution is -0.137. The molecule has 0 aliphatic heterocycles. The molecule has 0 bridgehead atoms. The van der Waals surface area contributed by atoms with Crippen LogP contribution in [0.2, 0.25) is 0 Å². The van der Waals surface area contributed by atoms with Crippen molar-refractivity contribution in [3.05, 3.63) is 70.1 Å². The SMILES string of the molecule is CNC(Cn1ccccc1=O)c1cccc(C(F)(F)F)c1. The highest BCUT2D eigenvalue weighted by atomic mass is 19.4. The maximum absolute atomic E-state index is 12.8. The molecule has 3 nitrogen and oxygen atoms in total. The van der Waals surface area contributed by atoms with Crippen molar-refractivity contribution in [2.45, 2.75) is 18.8 Å². The largest absolute Gasteiger partial charge is 0.416 e. The molecule has 21 heavy (non-hydrogen) atoms. The van der Waals surface area contributed by atoms with Crippen molar-refractivity contribution in [1.82, 2.24) is 9.88 Å². The second-order valence-corrected chi connectivity index (χ2v) is 4.66. The van der Waals surface area contributed by atoms with E-state index in [2.05, 4.69) is 5.32 Å². The molecule has 0 radical (unpaired) electrons.